The minimum absolute atomic E-state index is 0.0558. The number of thioether (sulfide) groups is 1. The molecule has 6 nitrogen and oxygen atoms in total. The summed E-state index contributed by atoms with van der Waals surface area (Å²) in [5.41, 5.74) is 4.01. The summed E-state index contributed by atoms with van der Waals surface area (Å²) in [7, 11) is 3.05. The van der Waals surface area contributed by atoms with Crippen molar-refractivity contribution in [1.29, 1.82) is 0 Å². The van der Waals surface area contributed by atoms with Crippen molar-refractivity contribution in [3.05, 3.63) is 105 Å². The number of ether oxygens (including phenoxy) is 1. The normalized spacial score (nSPS) is 10.9. The number of ketones is 1. The lowest BCUT2D eigenvalue weighted by atomic mass is 10.0. The molecule has 0 saturated heterocycles. The maximum Gasteiger partial charge on any atom is 0.337 e. The first-order valence-corrected chi connectivity index (χ1v) is 11.3. The molecule has 0 spiro atoms. The van der Waals surface area contributed by atoms with E-state index in [0.29, 0.717) is 38.5 Å². The van der Waals surface area contributed by atoms with Crippen molar-refractivity contribution < 1.29 is 14.3 Å². The number of nitrogens with zero attached hydrogens (tertiary/aromatic N) is 2. The lowest BCUT2D eigenvalue weighted by Crippen LogP contribution is -2.20. The number of hydrogen-bond donors (Lipinski definition) is 0. The first-order chi connectivity index (χ1) is 15.9. The topological polar surface area (TPSA) is 78.3 Å². The van der Waals surface area contributed by atoms with Gasteiger partial charge in [0.25, 0.3) is 5.56 Å². The van der Waals surface area contributed by atoms with Crippen molar-refractivity contribution in [2.24, 2.45) is 7.05 Å². The predicted molar refractivity (Wildman–Crippen MR) is 129 cm³/mol. The lowest BCUT2D eigenvalue weighted by molar-refractivity contribution is 0.0600. The average molecular weight is 459 g/mol. The number of methoxy groups -OCH3 is 1. The SMILES string of the molecule is COC(=O)c1ccc(C(=O)c2ccc(CSc3nc4cccc(C)c4c(=O)n3C)cc2)cc1. The number of esters is 1. The summed E-state index contributed by atoms with van der Waals surface area (Å²) in [4.78, 5) is 41.7. The highest BCUT2D eigenvalue weighted by atomic mass is 32.2. The van der Waals surface area contributed by atoms with Crippen molar-refractivity contribution in [3.8, 4) is 0 Å². The van der Waals surface area contributed by atoms with E-state index in [1.54, 1.807) is 48.0 Å². The Morgan fingerprint density at radius 2 is 1.55 bits per heavy atom. The van der Waals surface area contributed by atoms with E-state index in [1.165, 1.54) is 18.9 Å². The molecule has 0 amide bonds. The predicted octanol–water partition coefficient (Wildman–Crippen LogP) is 4.55. The Morgan fingerprint density at radius 1 is 0.939 bits per heavy atom. The van der Waals surface area contributed by atoms with Crippen LogP contribution in [0, 0.1) is 6.92 Å². The molecule has 0 saturated carbocycles. The van der Waals surface area contributed by atoms with Gasteiger partial charge in [0.05, 0.1) is 23.6 Å². The number of aryl methyl sites for hydroxylation is 1. The number of benzene rings is 3. The van der Waals surface area contributed by atoms with Crippen molar-refractivity contribution in [2.75, 3.05) is 7.11 Å². The Hall–Kier alpha value is -3.71. The smallest absolute Gasteiger partial charge is 0.337 e. The molecular weight excluding hydrogens is 436 g/mol. The van der Waals surface area contributed by atoms with E-state index in [-0.39, 0.29) is 11.3 Å². The molecule has 7 heteroatoms. The molecule has 33 heavy (non-hydrogen) atoms. The lowest BCUT2D eigenvalue weighted by Gasteiger charge is -2.10. The second kappa shape index (κ2) is 9.42. The maximum atomic E-state index is 12.8. The summed E-state index contributed by atoms with van der Waals surface area (Å²) in [6.07, 6.45) is 0. The molecule has 4 rings (SSSR count). The van der Waals surface area contributed by atoms with Crippen molar-refractivity contribution >= 4 is 34.4 Å². The van der Waals surface area contributed by atoms with Crippen LogP contribution in [-0.2, 0) is 17.5 Å². The van der Waals surface area contributed by atoms with Crippen molar-refractivity contribution in [1.82, 2.24) is 9.55 Å². The largest absolute Gasteiger partial charge is 0.465 e. The molecule has 4 aromatic rings. The fourth-order valence-electron chi connectivity index (χ4n) is 3.53. The molecule has 0 atom stereocenters. The molecule has 166 valence electrons. The van der Waals surface area contributed by atoms with Gasteiger partial charge < -0.3 is 4.74 Å². The summed E-state index contributed by atoms with van der Waals surface area (Å²) in [6, 6.07) is 19.4. The number of fused-ring (bicyclic) bond motifs is 1. The van der Waals surface area contributed by atoms with Gasteiger partial charge in [-0.3, -0.25) is 14.2 Å². The van der Waals surface area contributed by atoms with E-state index in [2.05, 4.69) is 9.72 Å². The van der Waals surface area contributed by atoms with E-state index in [9.17, 15) is 14.4 Å². The van der Waals surface area contributed by atoms with Crippen LogP contribution < -0.4 is 5.56 Å². The zero-order valence-electron chi connectivity index (χ0n) is 18.5. The fourth-order valence-corrected chi connectivity index (χ4v) is 4.46. The van der Waals surface area contributed by atoms with Gasteiger partial charge in [0, 0.05) is 23.9 Å². The number of aromatic nitrogens is 2. The van der Waals surface area contributed by atoms with E-state index < -0.39 is 5.97 Å². The molecule has 1 aromatic heterocycles. The average Bonchev–Trinajstić information content (AvgIpc) is 2.84. The zero-order valence-corrected chi connectivity index (χ0v) is 19.3. The highest BCUT2D eigenvalue weighted by Gasteiger charge is 2.13. The van der Waals surface area contributed by atoms with Crippen LogP contribution in [0.5, 0.6) is 0 Å². The van der Waals surface area contributed by atoms with Gasteiger partial charge in [-0.15, -0.1) is 0 Å². The number of carbonyl (C=O) groups excluding carboxylic acids is 2. The molecular formula is C26H22N2O4S. The molecule has 0 N–H and O–H groups in total. The van der Waals surface area contributed by atoms with Gasteiger partial charge in [0.2, 0.25) is 0 Å². The van der Waals surface area contributed by atoms with Crippen LogP contribution in [0.2, 0.25) is 0 Å². The molecule has 0 bridgehead atoms. The van der Waals surface area contributed by atoms with Gasteiger partial charge in [-0.1, -0.05) is 60.3 Å². The van der Waals surface area contributed by atoms with Crippen LogP contribution in [0.15, 0.2) is 76.7 Å². The molecule has 3 aromatic carbocycles. The number of carbonyl (C=O) groups is 2. The van der Waals surface area contributed by atoms with Crippen molar-refractivity contribution in [2.45, 2.75) is 17.8 Å². The van der Waals surface area contributed by atoms with Gasteiger partial charge in [-0.25, -0.2) is 9.78 Å². The van der Waals surface area contributed by atoms with Gasteiger partial charge in [0.1, 0.15) is 0 Å². The third-order valence-electron chi connectivity index (χ3n) is 5.42. The molecule has 0 aliphatic heterocycles. The highest BCUT2D eigenvalue weighted by molar-refractivity contribution is 7.98. The van der Waals surface area contributed by atoms with Gasteiger partial charge >= 0.3 is 5.97 Å². The minimum Gasteiger partial charge on any atom is -0.465 e. The third-order valence-corrected chi connectivity index (χ3v) is 6.53. The van der Waals surface area contributed by atoms with Crippen LogP contribution in [0.1, 0.15) is 37.4 Å². The minimum atomic E-state index is -0.440. The van der Waals surface area contributed by atoms with Crippen LogP contribution in [0.25, 0.3) is 10.9 Å². The molecule has 0 aliphatic carbocycles. The van der Waals surface area contributed by atoms with E-state index in [0.717, 1.165) is 11.1 Å². The van der Waals surface area contributed by atoms with Gasteiger partial charge in [-0.05, 0) is 36.2 Å². The fraction of sp³-hybridized carbons (Fsp3) is 0.154. The van der Waals surface area contributed by atoms with E-state index in [4.69, 9.17) is 0 Å². The highest BCUT2D eigenvalue weighted by Crippen LogP contribution is 2.23. The molecule has 0 unspecified atom stereocenters. The van der Waals surface area contributed by atoms with Crippen LogP contribution in [-0.4, -0.2) is 28.4 Å². The maximum absolute atomic E-state index is 12.8. The third kappa shape index (κ3) is 4.59. The standard InChI is InChI=1S/C26H22N2O4S/c1-16-5-4-6-21-22(16)24(30)28(2)26(27-21)33-15-17-7-9-18(10-8-17)23(29)19-11-13-20(14-12-19)25(31)32-3/h4-14H,15H2,1-3H3. The van der Waals surface area contributed by atoms with Crippen LogP contribution in [0.4, 0.5) is 0 Å². The Morgan fingerprint density at radius 3 is 2.18 bits per heavy atom. The Kier molecular flexibility index (Phi) is 6.42. The van der Waals surface area contributed by atoms with Crippen LogP contribution in [0.3, 0.4) is 0 Å². The molecule has 1 heterocycles. The summed E-state index contributed by atoms with van der Waals surface area (Å²) < 4.78 is 6.26. The monoisotopic (exact) mass is 458 g/mol. The van der Waals surface area contributed by atoms with Crippen molar-refractivity contribution in [3.63, 3.8) is 0 Å². The second-order valence-electron chi connectivity index (χ2n) is 7.61. The summed E-state index contributed by atoms with van der Waals surface area (Å²) >= 11 is 1.48. The van der Waals surface area contributed by atoms with Gasteiger partial charge in [0.15, 0.2) is 10.9 Å². The first-order valence-electron chi connectivity index (χ1n) is 10.3. The summed E-state index contributed by atoms with van der Waals surface area (Å²) in [5.74, 6) is 0.0452. The zero-order chi connectivity index (χ0) is 23.5. The quantitative estimate of drug-likeness (QED) is 0.183. The van der Waals surface area contributed by atoms with Gasteiger partial charge in [-0.2, -0.15) is 0 Å². The Labute approximate surface area is 195 Å². The Balaban J connectivity index is 1.48. The summed E-state index contributed by atoms with van der Waals surface area (Å²) in [5, 5.41) is 1.29. The molecule has 0 fully saturated rings. The molecule has 0 radical (unpaired) electrons. The Bertz CT molecular complexity index is 1410. The van der Waals surface area contributed by atoms with E-state index >= 15 is 0 Å². The first kappa shape index (κ1) is 22.5. The number of hydrogen-bond acceptors (Lipinski definition) is 6. The van der Waals surface area contributed by atoms with E-state index in [1.807, 2.05) is 37.3 Å². The summed E-state index contributed by atoms with van der Waals surface area (Å²) in [6.45, 7) is 1.91. The van der Waals surface area contributed by atoms with Crippen LogP contribution >= 0.6 is 11.8 Å². The number of rotatable bonds is 6. The molecule has 0 aliphatic rings. The second-order valence-corrected chi connectivity index (χ2v) is 8.55.